The number of halogens is 1. The van der Waals surface area contributed by atoms with Crippen molar-refractivity contribution in [1.29, 1.82) is 0 Å². The van der Waals surface area contributed by atoms with E-state index in [2.05, 4.69) is 4.98 Å². The third kappa shape index (κ3) is 3.84. The number of benzene rings is 2. The van der Waals surface area contributed by atoms with Crippen molar-refractivity contribution in [3.05, 3.63) is 71.8 Å². The summed E-state index contributed by atoms with van der Waals surface area (Å²) in [5.41, 5.74) is 3.18. The summed E-state index contributed by atoms with van der Waals surface area (Å²) in [5, 5.41) is 10.3. The molecule has 2 heterocycles. The highest BCUT2D eigenvalue weighted by Crippen LogP contribution is 2.44. The van der Waals surface area contributed by atoms with Crippen LogP contribution in [0.4, 0.5) is 4.39 Å². The summed E-state index contributed by atoms with van der Waals surface area (Å²) >= 11 is 0. The number of aryl methyl sites for hydroxylation is 1. The van der Waals surface area contributed by atoms with E-state index in [9.17, 15) is 18.0 Å². The van der Waals surface area contributed by atoms with Gasteiger partial charge in [0.2, 0.25) is 0 Å². The predicted molar refractivity (Wildman–Crippen MR) is 122 cm³/mol. The van der Waals surface area contributed by atoms with E-state index in [4.69, 9.17) is 4.74 Å². The summed E-state index contributed by atoms with van der Waals surface area (Å²) in [6, 6.07) is 13.0. The molecule has 2 aromatic rings. The third-order valence-electron chi connectivity index (χ3n) is 6.06. The molecule has 3 aliphatic rings. The topological polar surface area (TPSA) is 81.4 Å². The fourth-order valence-corrected chi connectivity index (χ4v) is 4.91. The molecule has 0 unspecified atom stereocenters. The van der Waals surface area contributed by atoms with Crippen LogP contribution in [0.1, 0.15) is 36.9 Å². The minimum absolute atomic E-state index is 0.0539. The van der Waals surface area contributed by atoms with Gasteiger partial charge in [-0.2, -0.15) is 4.73 Å². The first-order chi connectivity index (χ1) is 15.8. The summed E-state index contributed by atoms with van der Waals surface area (Å²) in [6.07, 6.45) is 3.70. The number of pyridine rings is 1. The Hall–Kier alpha value is -3.39. The van der Waals surface area contributed by atoms with E-state index in [0.717, 1.165) is 23.1 Å². The maximum Gasteiger partial charge on any atom is 0.178 e. The van der Waals surface area contributed by atoms with Crippen LogP contribution in [-0.2, 0) is 9.84 Å². The average molecular weight is 467 g/mol. The zero-order chi connectivity index (χ0) is 23.3. The molecular weight excluding hydrogens is 443 g/mol. The summed E-state index contributed by atoms with van der Waals surface area (Å²) < 4.78 is 47.0. The number of ether oxygens (including phenoxy) is 1. The molecule has 170 valence electrons. The number of fused-ring (bicyclic) bond motifs is 1. The molecule has 2 aromatic carbocycles. The van der Waals surface area contributed by atoms with Gasteiger partial charge in [-0.05, 0) is 79.3 Å². The highest BCUT2D eigenvalue weighted by Gasteiger charge is 2.26. The quantitative estimate of drug-likeness (QED) is 0.363. The number of nitrogens with zero attached hydrogens (tertiary/aromatic N) is 2. The maximum absolute atomic E-state index is 14.8. The van der Waals surface area contributed by atoms with Gasteiger partial charge in [-0.3, -0.25) is 0 Å². The van der Waals surface area contributed by atoms with Gasteiger partial charge in [0.05, 0.1) is 16.3 Å². The summed E-state index contributed by atoms with van der Waals surface area (Å²) in [6.45, 7) is 3.29. The largest absolute Gasteiger partial charge is 0.454 e. The second kappa shape index (κ2) is 7.88. The van der Waals surface area contributed by atoms with Crippen LogP contribution in [0.2, 0.25) is 0 Å². The number of hydrogen-bond acceptors (Lipinski definition) is 5. The van der Waals surface area contributed by atoms with E-state index in [0.29, 0.717) is 39.9 Å². The minimum Gasteiger partial charge on any atom is -0.454 e. The van der Waals surface area contributed by atoms with Crippen molar-refractivity contribution in [2.24, 2.45) is 0 Å². The zero-order valence-electron chi connectivity index (χ0n) is 18.2. The Labute approximate surface area is 191 Å². The van der Waals surface area contributed by atoms with E-state index < -0.39 is 15.7 Å². The van der Waals surface area contributed by atoms with Gasteiger partial charge < -0.3 is 9.94 Å². The highest BCUT2D eigenvalue weighted by atomic mass is 32.2. The van der Waals surface area contributed by atoms with Crippen LogP contribution >= 0.6 is 0 Å². The smallest absolute Gasteiger partial charge is 0.178 e. The predicted octanol–water partition coefficient (Wildman–Crippen LogP) is 5.80. The monoisotopic (exact) mass is 466 g/mol. The van der Waals surface area contributed by atoms with E-state index >= 15 is 0 Å². The van der Waals surface area contributed by atoms with Crippen LogP contribution in [0.5, 0.6) is 11.5 Å². The molecule has 0 bridgehead atoms. The van der Waals surface area contributed by atoms with Crippen molar-refractivity contribution in [3.8, 4) is 34.0 Å². The van der Waals surface area contributed by atoms with Gasteiger partial charge >= 0.3 is 0 Å². The van der Waals surface area contributed by atoms with Crippen LogP contribution in [-0.4, -0.2) is 29.1 Å². The molecule has 0 aromatic heterocycles. The zero-order valence-corrected chi connectivity index (χ0v) is 19.1. The lowest BCUT2D eigenvalue weighted by Crippen LogP contribution is -2.07. The number of aromatic nitrogens is 2. The molecule has 2 aliphatic heterocycles. The molecule has 33 heavy (non-hydrogen) atoms. The molecule has 1 saturated carbocycles. The molecule has 0 atom stereocenters. The molecule has 1 N–H and O–H groups in total. The Kier molecular flexibility index (Phi) is 5.12. The van der Waals surface area contributed by atoms with Crippen molar-refractivity contribution in [2.45, 2.75) is 37.5 Å². The van der Waals surface area contributed by atoms with Gasteiger partial charge in [0, 0.05) is 17.3 Å². The first kappa shape index (κ1) is 21.5. The standard InChI is InChI=1S/C25H23FN2O4S/c1-3-33(30,31)18-7-9-23(32-24-8-6-17(13-22(24)26)16-4-5-16)21(14-18)20-12-15(2)28(29)25-19(20)10-11-27-25/h6-14,16,29H,3-5H2,1-2H3. The van der Waals surface area contributed by atoms with Crippen molar-refractivity contribution >= 4 is 9.84 Å². The summed E-state index contributed by atoms with van der Waals surface area (Å²) in [4.78, 5) is 4.35. The van der Waals surface area contributed by atoms with Gasteiger partial charge in [-0.25, -0.2) is 17.8 Å². The fraction of sp³-hybridized carbons (Fsp3) is 0.240. The fourth-order valence-electron chi connectivity index (χ4n) is 4.00. The molecule has 0 saturated heterocycles. The Bertz CT molecular complexity index is 1440. The second-order valence-electron chi connectivity index (χ2n) is 8.32. The van der Waals surface area contributed by atoms with E-state index in [1.165, 1.54) is 18.2 Å². The van der Waals surface area contributed by atoms with Gasteiger partial charge in [0.25, 0.3) is 0 Å². The number of rotatable bonds is 6. The van der Waals surface area contributed by atoms with Crippen molar-refractivity contribution in [1.82, 2.24) is 9.71 Å². The van der Waals surface area contributed by atoms with E-state index in [-0.39, 0.29) is 16.4 Å². The van der Waals surface area contributed by atoms with Gasteiger partial charge in [0.1, 0.15) is 5.75 Å². The van der Waals surface area contributed by atoms with E-state index in [1.54, 1.807) is 44.3 Å². The molecule has 8 heteroatoms. The molecule has 0 spiro atoms. The number of sulfone groups is 1. The molecular formula is C25H23FN2O4S. The van der Waals surface area contributed by atoms with E-state index in [1.807, 2.05) is 6.07 Å². The first-order valence-electron chi connectivity index (χ1n) is 10.8. The summed E-state index contributed by atoms with van der Waals surface area (Å²) in [7, 11) is -3.49. The number of hydrogen-bond donors (Lipinski definition) is 1. The lowest BCUT2D eigenvalue weighted by molar-refractivity contribution is 0.180. The molecule has 6 nitrogen and oxygen atoms in total. The molecule has 5 rings (SSSR count). The van der Waals surface area contributed by atoms with Gasteiger partial charge in [0.15, 0.2) is 27.2 Å². The molecule has 0 amide bonds. The SMILES string of the molecule is CCS(=O)(=O)c1ccc(Oc2ccc(C3CC3)cc2F)c(-c2cc(C)n(O)c3nccc2-3)c1. The molecule has 1 fully saturated rings. The lowest BCUT2D eigenvalue weighted by Gasteiger charge is -2.18. The summed E-state index contributed by atoms with van der Waals surface area (Å²) in [5.74, 6) is 0.599. The Morgan fingerprint density at radius 2 is 1.82 bits per heavy atom. The van der Waals surface area contributed by atoms with Crippen LogP contribution in [0, 0.1) is 12.7 Å². The third-order valence-corrected chi connectivity index (χ3v) is 7.79. The van der Waals surface area contributed by atoms with Gasteiger partial charge in [-0.15, -0.1) is 0 Å². The van der Waals surface area contributed by atoms with Crippen LogP contribution in [0.25, 0.3) is 22.5 Å². The first-order valence-corrected chi connectivity index (χ1v) is 12.4. The second-order valence-corrected chi connectivity index (χ2v) is 10.6. The van der Waals surface area contributed by atoms with Crippen LogP contribution < -0.4 is 4.74 Å². The van der Waals surface area contributed by atoms with Crippen LogP contribution in [0.15, 0.2) is 59.6 Å². The lowest BCUT2D eigenvalue weighted by atomic mass is 9.98. The normalized spacial score (nSPS) is 14.0. The molecule has 0 radical (unpaired) electrons. The van der Waals surface area contributed by atoms with Gasteiger partial charge in [-0.1, -0.05) is 13.0 Å². The molecule has 1 aliphatic carbocycles. The Balaban J connectivity index is 1.67. The Morgan fingerprint density at radius 3 is 2.52 bits per heavy atom. The van der Waals surface area contributed by atoms with Crippen molar-refractivity contribution in [3.63, 3.8) is 0 Å². The maximum atomic E-state index is 14.8. The minimum atomic E-state index is -3.49. The van der Waals surface area contributed by atoms with Crippen molar-refractivity contribution < 1.29 is 22.8 Å². The average Bonchev–Trinajstić information content (AvgIpc) is 3.54. The highest BCUT2D eigenvalue weighted by molar-refractivity contribution is 7.91. The van der Waals surface area contributed by atoms with Crippen LogP contribution in [0.3, 0.4) is 0 Å². The Morgan fingerprint density at radius 1 is 1.06 bits per heavy atom. The van der Waals surface area contributed by atoms with Crippen molar-refractivity contribution in [2.75, 3.05) is 5.75 Å².